The first kappa shape index (κ1) is 11.5. The van der Waals surface area contributed by atoms with Crippen molar-refractivity contribution in [3.8, 4) is 0 Å². The molecule has 0 atom stereocenters. The Kier molecular flexibility index (Phi) is 4.05. The van der Waals surface area contributed by atoms with Crippen LogP contribution in [0.5, 0.6) is 0 Å². The summed E-state index contributed by atoms with van der Waals surface area (Å²) in [7, 11) is 3.29. The monoisotopic (exact) mass is 210 g/mol. The average Bonchev–Trinajstić information content (AvgIpc) is 2.60. The van der Waals surface area contributed by atoms with E-state index in [1.807, 2.05) is 0 Å². The van der Waals surface area contributed by atoms with Crippen LogP contribution >= 0.6 is 0 Å². The lowest BCUT2D eigenvalue weighted by molar-refractivity contribution is 0.0929. The highest BCUT2D eigenvalue weighted by molar-refractivity contribution is 5.94. The van der Waals surface area contributed by atoms with E-state index < -0.39 is 0 Å². The van der Waals surface area contributed by atoms with E-state index >= 15 is 0 Å². The van der Waals surface area contributed by atoms with Gasteiger partial charge in [0.25, 0.3) is 5.91 Å². The molecule has 5 nitrogen and oxygen atoms in total. The van der Waals surface area contributed by atoms with Gasteiger partial charge in [-0.25, -0.2) is 0 Å². The smallest absolute Gasteiger partial charge is 0.267 e. The number of nitrogens with zero attached hydrogens (tertiary/aromatic N) is 1. The molecule has 1 amide bonds. The first-order valence-electron chi connectivity index (χ1n) is 4.57. The van der Waals surface area contributed by atoms with Crippen LogP contribution in [0.2, 0.25) is 0 Å². The van der Waals surface area contributed by atoms with E-state index in [9.17, 15) is 9.59 Å². The van der Waals surface area contributed by atoms with E-state index in [-0.39, 0.29) is 5.91 Å². The summed E-state index contributed by atoms with van der Waals surface area (Å²) in [6.07, 6.45) is 2.32. The lowest BCUT2D eigenvalue weighted by atomic mass is 10.3. The Morgan fingerprint density at radius 2 is 2.40 bits per heavy atom. The Hall–Kier alpha value is -1.62. The molecule has 5 heteroatoms. The van der Waals surface area contributed by atoms with E-state index in [4.69, 9.17) is 4.74 Å². The van der Waals surface area contributed by atoms with Crippen LogP contribution in [-0.4, -0.2) is 37.0 Å². The third-order valence-electron chi connectivity index (χ3n) is 1.99. The molecular formula is C10H14N2O3. The third-order valence-corrected chi connectivity index (χ3v) is 1.99. The van der Waals surface area contributed by atoms with Gasteiger partial charge in [0.05, 0.1) is 6.61 Å². The zero-order valence-electron chi connectivity index (χ0n) is 8.82. The Morgan fingerprint density at radius 1 is 1.67 bits per heavy atom. The van der Waals surface area contributed by atoms with Crippen LogP contribution in [0.25, 0.3) is 0 Å². The Balaban J connectivity index is 2.64. The first-order chi connectivity index (χ1) is 7.19. The topological polar surface area (TPSA) is 60.3 Å². The van der Waals surface area contributed by atoms with Crippen molar-refractivity contribution in [1.29, 1.82) is 0 Å². The van der Waals surface area contributed by atoms with Crippen molar-refractivity contribution < 1.29 is 14.3 Å². The largest absolute Gasteiger partial charge is 0.383 e. The molecule has 0 bridgehead atoms. The number of carbonyl (C=O) groups excluding carboxylic acids is 2. The maximum atomic E-state index is 11.6. The van der Waals surface area contributed by atoms with Crippen molar-refractivity contribution in [2.75, 3.05) is 20.3 Å². The van der Waals surface area contributed by atoms with Gasteiger partial charge in [0.1, 0.15) is 5.69 Å². The van der Waals surface area contributed by atoms with Gasteiger partial charge in [-0.3, -0.25) is 9.59 Å². The summed E-state index contributed by atoms with van der Waals surface area (Å²) in [5.41, 5.74) is 0.961. The van der Waals surface area contributed by atoms with Gasteiger partial charge in [-0.05, 0) is 6.07 Å². The third kappa shape index (κ3) is 2.92. The lowest BCUT2D eigenvalue weighted by Gasteiger charge is -2.04. The molecular weight excluding hydrogens is 196 g/mol. The van der Waals surface area contributed by atoms with Crippen LogP contribution in [0.15, 0.2) is 12.3 Å². The highest BCUT2D eigenvalue weighted by Gasteiger charge is 2.10. The standard InChI is InChI=1S/C10H14N2O3/c1-12-6-8(7-13)5-9(12)10(14)11-3-4-15-2/h5-7H,3-4H2,1-2H3,(H,11,14). The number of aryl methyl sites for hydroxylation is 1. The number of ether oxygens (including phenoxy) is 1. The molecule has 1 heterocycles. The summed E-state index contributed by atoms with van der Waals surface area (Å²) in [5.74, 6) is -0.206. The molecule has 0 saturated heterocycles. The van der Waals surface area contributed by atoms with Gasteiger partial charge in [-0.2, -0.15) is 0 Å². The number of carbonyl (C=O) groups is 2. The van der Waals surface area contributed by atoms with Crippen LogP contribution in [0.4, 0.5) is 0 Å². The summed E-state index contributed by atoms with van der Waals surface area (Å²) in [4.78, 5) is 22.1. The highest BCUT2D eigenvalue weighted by Crippen LogP contribution is 2.04. The maximum absolute atomic E-state index is 11.6. The number of aldehydes is 1. The fourth-order valence-electron chi connectivity index (χ4n) is 1.24. The van der Waals surface area contributed by atoms with Crippen LogP contribution in [0.1, 0.15) is 20.8 Å². The second-order valence-corrected chi connectivity index (χ2v) is 3.14. The van der Waals surface area contributed by atoms with E-state index in [0.29, 0.717) is 30.7 Å². The van der Waals surface area contributed by atoms with Gasteiger partial charge < -0.3 is 14.6 Å². The molecule has 82 valence electrons. The molecule has 0 unspecified atom stereocenters. The molecule has 1 aromatic rings. The van der Waals surface area contributed by atoms with Crippen molar-refractivity contribution in [3.63, 3.8) is 0 Å². The minimum Gasteiger partial charge on any atom is -0.383 e. The number of rotatable bonds is 5. The molecule has 0 aliphatic heterocycles. The highest BCUT2D eigenvalue weighted by atomic mass is 16.5. The fraction of sp³-hybridized carbons (Fsp3) is 0.400. The second-order valence-electron chi connectivity index (χ2n) is 3.14. The van der Waals surface area contributed by atoms with Crippen LogP contribution in [0, 0.1) is 0 Å². The summed E-state index contributed by atoms with van der Waals surface area (Å²) in [6, 6.07) is 1.55. The number of hydrogen-bond donors (Lipinski definition) is 1. The van der Waals surface area contributed by atoms with Crippen molar-refractivity contribution in [1.82, 2.24) is 9.88 Å². The summed E-state index contributed by atoms with van der Waals surface area (Å²) in [5, 5.41) is 2.68. The van der Waals surface area contributed by atoms with Gasteiger partial charge in [-0.15, -0.1) is 0 Å². The number of hydrogen-bond acceptors (Lipinski definition) is 3. The number of aromatic nitrogens is 1. The second kappa shape index (κ2) is 5.31. The molecule has 0 fully saturated rings. The van der Waals surface area contributed by atoms with Crippen LogP contribution in [-0.2, 0) is 11.8 Å². The van der Waals surface area contributed by atoms with Gasteiger partial charge in [0, 0.05) is 32.5 Å². The van der Waals surface area contributed by atoms with Crippen molar-refractivity contribution in [2.45, 2.75) is 0 Å². The van der Waals surface area contributed by atoms with Gasteiger partial charge in [0.15, 0.2) is 6.29 Å². The summed E-state index contributed by atoms with van der Waals surface area (Å²) in [6.45, 7) is 0.924. The van der Waals surface area contributed by atoms with Crippen molar-refractivity contribution in [2.24, 2.45) is 7.05 Å². The Morgan fingerprint density at radius 3 is 2.93 bits per heavy atom. The van der Waals surface area contributed by atoms with Crippen LogP contribution < -0.4 is 5.32 Å². The van der Waals surface area contributed by atoms with E-state index in [1.54, 1.807) is 31.0 Å². The zero-order valence-corrected chi connectivity index (χ0v) is 8.82. The van der Waals surface area contributed by atoms with E-state index in [2.05, 4.69) is 5.32 Å². The lowest BCUT2D eigenvalue weighted by Crippen LogP contribution is -2.28. The Bertz CT molecular complexity index is 358. The maximum Gasteiger partial charge on any atom is 0.267 e. The molecule has 0 radical (unpaired) electrons. The minimum absolute atomic E-state index is 0.206. The summed E-state index contributed by atoms with van der Waals surface area (Å²) < 4.78 is 6.42. The van der Waals surface area contributed by atoms with Gasteiger partial charge in [-0.1, -0.05) is 0 Å². The number of amides is 1. The predicted molar refractivity (Wildman–Crippen MR) is 55.0 cm³/mol. The van der Waals surface area contributed by atoms with Crippen LogP contribution in [0.3, 0.4) is 0 Å². The molecule has 0 aliphatic carbocycles. The van der Waals surface area contributed by atoms with Gasteiger partial charge in [0.2, 0.25) is 0 Å². The normalized spacial score (nSPS) is 10.0. The molecule has 0 aromatic carbocycles. The van der Waals surface area contributed by atoms with Crippen molar-refractivity contribution >= 4 is 12.2 Å². The van der Waals surface area contributed by atoms with Gasteiger partial charge >= 0.3 is 0 Å². The molecule has 1 rings (SSSR count). The minimum atomic E-state index is -0.206. The fourth-order valence-corrected chi connectivity index (χ4v) is 1.24. The number of nitrogens with one attached hydrogen (secondary N) is 1. The summed E-state index contributed by atoms with van der Waals surface area (Å²) >= 11 is 0. The van der Waals surface area contributed by atoms with E-state index in [0.717, 1.165) is 0 Å². The molecule has 15 heavy (non-hydrogen) atoms. The van der Waals surface area contributed by atoms with E-state index in [1.165, 1.54) is 0 Å². The molecule has 0 aliphatic rings. The molecule has 1 aromatic heterocycles. The molecule has 0 saturated carbocycles. The quantitative estimate of drug-likeness (QED) is 0.558. The van der Waals surface area contributed by atoms with Crippen molar-refractivity contribution in [3.05, 3.63) is 23.5 Å². The predicted octanol–water partition coefficient (Wildman–Crippen LogP) is 0.214. The zero-order chi connectivity index (χ0) is 11.3. The first-order valence-corrected chi connectivity index (χ1v) is 4.57. The SMILES string of the molecule is COCCNC(=O)c1cc(C=O)cn1C. The number of methoxy groups -OCH3 is 1. The molecule has 1 N–H and O–H groups in total. The average molecular weight is 210 g/mol. The molecule has 0 spiro atoms. The Labute approximate surface area is 88.0 Å².